The Morgan fingerprint density at radius 1 is 1.07 bits per heavy atom. The molecule has 0 fully saturated rings. The number of nitrogens with zero attached hydrogens (tertiary/aromatic N) is 3. The van der Waals surface area contributed by atoms with Gasteiger partial charge in [-0.25, -0.2) is 9.97 Å². The van der Waals surface area contributed by atoms with E-state index < -0.39 is 11.8 Å². The van der Waals surface area contributed by atoms with Gasteiger partial charge in [0, 0.05) is 6.54 Å². The van der Waals surface area contributed by atoms with Crippen LogP contribution in [0.15, 0.2) is 54.6 Å². The molecule has 0 saturated heterocycles. The highest BCUT2D eigenvalue weighted by Gasteiger charge is 2.27. The molecule has 1 aromatic heterocycles. The van der Waals surface area contributed by atoms with E-state index in [2.05, 4.69) is 15.3 Å². The lowest BCUT2D eigenvalue weighted by molar-refractivity contribution is -0.121. The fourth-order valence-corrected chi connectivity index (χ4v) is 2.63. The summed E-state index contributed by atoms with van der Waals surface area (Å²) in [6, 6.07) is 18.8. The summed E-state index contributed by atoms with van der Waals surface area (Å²) in [5.41, 5.74) is 2.44. The molecule has 0 saturated carbocycles. The molecule has 136 valence electrons. The van der Waals surface area contributed by atoms with Gasteiger partial charge in [0.1, 0.15) is 5.69 Å². The van der Waals surface area contributed by atoms with Crippen molar-refractivity contribution in [3.05, 3.63) is 65.9 Å². The molecular formula is C21H20N4O2. The van der Waals surface area contributed by atoms with E-state index in [1.807, 2.05) is 68.4 Å². The normalized spacial score (nSPS) is 11.8. The molecule has 0 bridgehead atoms. The molecule has 6 heteroatoms. The van der Waals surface area contributed by atoms with Crippen molar-refractivity contribution in [2.24, 2.45) is 0 Å². The number of ether oxygens (including phenoxy) is 1. The Balaban J connectivity index is 1.91. The van der Waals surface area contributed by atoms with Crippen LogP contribution in [0.2, 0.25) is 0 Å². The number of hydrogen-bond donors (Lipinski definition) is 1. The van der Waals surface area contributed by atoms with Gasteiger partial charge >= 0.3 is 0 Å². The Labute approximate surface area is 157 Å². The maximum Gasteiger partial charge on any atom is 0.244 e. The highest BCUT2D eigenvalue weighted by atomic mass is 16.5. The first kappa shape index (κ1) is 18.3. The van der Waals surface area contributed by atoms with Crippen molar-refractivity contribution < 1.29 is 9.53 Å². The number of aromatic nitrogens is 2. The minimum atomic E-state index is -1.11. The number of carbonyl (C=O) groups is 1. The Bertz CT molecular complexity index is 980. The van der Waals surface area contributed by atoms with Crippen molar-refractivity contribution in [1.29, 1.82) is 5.26 Å². The molecule has 3 aromatic rings. The molecule has 1 N–H and O–H groups in total. The quantitative estimate of drug-likeness (QED) is 0.728. The van der Waals surface area contributed by atoms with E-state index in [0.29, 0.717) is 17.6 Å². The van der Waals surface area contributed by atoms with Gasteiger partial charge in [-0.3, -0.25) is 4.79 Å². The summed E-state index contributed by atoms with van der Waals surface area (Å²) < 4.78 is 5.74. The molecule has 0 aliphatic rings. The predicted molar refractivity (Wildman–Crippen MR) is 102 cm³/mol. The number of rotatable bonds is 6. The lowest BCUT2D eigenvalue weighted by Gasteiger charge is -2.16. The average molecular weight is 360 g/mol. The minimum Gasteiger partial charge on any atom is -0.474 e. The smallest absolute Gasteiger partial charge is 0.244 e. The standard InChI is InChI=1S/C21H20N4O2/c1-14(2)27-21-19(24-17-10-6-7-11-18(17)25-21)16(12-22)20(26)23-13-15-8-4-3-5-9-15/h3-11,14,16H,13H2,1-2H3,(H,23,26)/t16-/m1/s1. The topological polar surface area (TPSA) is 87.9 Å². The SMILES string of the molecule is CC(C)Oc1nc2ccccc2nc1[C@@H](C#N)C(=O)NCc1ccccc1. The summed E-state index contributed by atoms with van der Waals surface area (Å²) in [7, 11) is 0. The Morgan fingerprint density at radius 3 is 2.33 bits per heavy atom. The number of carbonyl (C=O) groups excluding carboxylic acids is 1. The molecule has 3 rings (SSSR count). The molecule has 0 radical (unpaired) electrons. The van der Waals surface area contributed by atoms with Gasteiger partial charge in [0.25, 0.3) is 0 Å². The second-order valence-corrected chi connectivity index (χ2v) is 6.33. The van der Waals surface area contributed by atoms with E-state index in [1.165, 1.54) is 0 Å². The van der Waals surface area contributed by atoms with Crippen LogP contribution in [0.4, 0.5) is 0 Å². The molecule has 2 aromatic carbocycles. The predicted octanol–water partition coefficient (Wildman–Crippen LogP) is 3.34. The van der Waals surface area contributed by atoms with Crippen LogP contribution >= 0.6 is 0 Å². The Kier molecular flexibility index (Phi) is 5.62. The van der Waals surface area contributed by atoms with E-state index in [-0.39, 0.29) is 17.7 Å². The third-order valence-corrected chi connectivity index (χ3v) is 3.89. The van der Waals surface area contributed by atoms with E-state index in [4.69, 9.17) is 4.74 Å². The van der Waals surface area contributed by atoms with Gasteiger partial charge in [-0.2, -0.15) is 5.26 Å². The highest BCUT2D eigenvalue weighted by Crippen LogP contribution is 2.27. The number of nitrogens with one attached hydrogen (secondary N) is 1. The molecule has 0 aliphatic carbocycles. The summed E-state index contributed by atoms with van der Waals surface area (Å²) in [6.45, 7) is 4.05. The minimum absolute atomic E-state index is 0.161. The Hall–Kier alpha value is -3.46. The van der Waals surface area contributed by atoms with Gasteiger partial charge < -0.3 is 10.1 Å². The highest BCUT2D eigenvalue weighted by molar-refractivity contribution is 5.87. The van der Waals surface area contributed by atoms with Gasteiger partial charge in [0.05, 0.1) is 23.2 Å². The monoisotopic (exact) mass is 360 g/mol. The summed E-state index contributed by atoms with van der Waals surface area (Å²) in [4.78, 5) is 21.6. The van der Waals surface area contributed by atoms with Crippen LogP contribution in [0.25, 0.3) is 11.0 Å². The van der Waals surface area contributed by atoms with E-state index >= 15 is 0 Å². The van der Waals surface area contributed by atoms with Crippen molar-refractivity contribution in [3.8, 4) is 11.9 Å². The number of fused-ring (bicyclic) bond motifs is 1. The maximum absolute atomic E-state index is 12.7. The zero-order valence-electron chi connectivity index (χ0n) is 15.2. The van der Waals surface area contributed by atoms with E-state index in [1.54, 1.807) is 6.07 Å². The van der Waals surface area contributed by atoms with Gasteiger partial charge in [-0.05, 0) is 31.5 Å². The van der Waals surface area contributed by atoms with Gasteiger partial charge in [-0.15, -0.1) is 0 Å². The number of benzene rings is 2. The summed E-state index contributed by atoms with van der Waals surface area (Å²) in [5.74, 6) is -1.33. The van der Waals surface area contributed by atoms with Crippen LogP contribution in [0.1, 0.15) is 31.0 Å². The first-order chi connectivity index (χ1) is 13.1. The number of para-hydroxylation sites is 2. The second kappa shape index (κ2) is 8.28. The molecule has 27 heavy (non-hydrogen) atoms. The zero-order chi connectivity index (χ0) is 19.2. The third-order valence-electron chi connectivity index (χ3n) is 3.89. The fourth-order valence-electron chi connectivity index (χ4n) is 2.63. The number of nitriles is 1. The lowest BCUT2D eigenvalue weighted by atomic mass is 10.1. The van der Waals surface area contributed by atoms with E-state index in [9.17, 15) is 10.1 Å². The van der Waals surface area contributed by atoms with Gasteiger partial charge in [0.2, 0.25) is 11.8 Å². The zero-order valence-corrected chi connectivity index (χ0v) is 15.2. The Morgan fingerprint density at radius 2 is 1.70 bits per heavy atom. The molecule has 6 nitrogen and oxygen atoms in total. The van der Waals surface area contributed by atoms with Crippen LogP contribution in [0, 0.1) is 11.3 Å². The van der Waals surface area contributed by atoms with Crippen LogP contribution in [0.3, 0.4) is 0 Å². The fraction of sp³-hybridized carbons (Fsp3) is 0.238. The molecule has 0 spiro atoms. The molecule has 0 unspecified atom stereocenters. The van der Waals surface area contributed by atoms with Crippen molar-refractivity contribution in [1.82, 2.24) is 15.3 Å². The van der Waals surface area contributed by atoms with E-state index in [0.717, 1.165) is 5.56 Å². The van der Waals surface area contributed by atoms with Crippen molar-refractivity contribution in [2.45, 2.75) is 32.4 Å². The molecule has 1 heterocycles. The van der Waals surface area contributed by atoms with Crippen molar-refractivity contribution >= 4 is 16.9 Å². The summed E-state index contributed by atoms with van der Waals surface area (Å²) in [6.07, 6.45) is -0.161. The van der Waals surface area contributed by atoms with Crippen molar-refractivity contribution in [3.63, 3.8) is 0 Å². The van der Waals surface area contributed by atoms with Crippen LogP contribution in [-0.2, 0) is 11.3 Å². The van der Waals surface area contributed by atoms with Crippen LogP contribution in [0.5, 0.6) is 5.88 Å². The van der Waals surface area contributed by atoms with Crippen LogP contribution in [-0.4, -0.2) is 22.0 Å². The van der Waals surface area contributed by atoms with Gasteiger partial charge in [-0.1, -0.05) is 42.5 Å². The molecular weight excluding hydrogens is 340 g/mol. The number of hydrogen-bond acceptors (Lipinski definition) is 5. The lowest BCUT2D eigenvalue weighted by Crippen LogP contribution is -2.29. The van der Waals surface area contributed by atoms with Gasteiger partial charge in [0.15, 0.2) is 5.92 Å². The second-order valence-electron chi connectivity index (χ2n) is 6.33. The average Bonchev–Trinajstić information content (AvgIpc) is 2.67. The van der Waals surface area contributed by atoms with Crippen molar-refractivity contribution in [2.75, 3.05) is 0 Å². The first-order valence-corrected chi connectivity index (χ1v) is 8.73. The number of amides is 1. The largest absolute Gasteiger partial charge is 0.474 e. The van der Waals surface area contributed by atoms with Crippen LogP contribution < -0.4 is 10.1 Å². The maximum atomic E-state index is 12.7. The molecule has 0 aliphatic heterocycles. The summed E-state index contributed by atoms with van der Waals surface area (Å²) >= 11 is 0. The summed E-state index contributed by atoms with van der Waals surface area (Å²) in [5, 5.41) is 12.4. The molecule has 1 amide bonds. The molecule has 1 atom stereocenters. The third kappa shape index (κ3) is 4.39. The first-order valence-electron chi connectivity index (χ1n) is 8.73.